The van der Waals surface area contributed by atoms with Crippen LogP contribution < -0.4 is 10.6 Å². The second-order valence-electron chi connectivity index (χ2n) is 6.51. The van der Waals surface area contributed by atoms with E-state index in [1.807, 2.05) is 24.3 Å². The third kappa shape index (κ3) is 2.91. The third-order valence-electron chi connectivity index (χ3n) is 4.95. The van der Waals surface area contributed by atoms with Gasteiger partial charge in [0.15, 0.2) is 0 Å². The molecule has 1 aliphatic carbocycles. The number of carbonyl (C=O) groups is 1. The van der Waals surface area contributed by atoms with Gasteiger partial charge in [-0.1, -0.05) is 37.5 Å². The fraction of sp³-hybridized carbons (Fsp3) is 0.588. The Balaban J connectivity index is 1.84. The number of hydrogen-bond donors (Lipinski definition) is 2. The number of hydrogen-bond acceptors (Lipinski definition) is 3. The summed E-state index contributed by atoms with van der Waals surface area (Å²) in [7, 11) is 0. The number of nitrogens with two attached hydrogens (primary N) is 1. The van der Waals surface area contributed by atoms with Gasteiger partial charge in [0.05, 0.1) is 11.5 Å². The summed E-state index contributed by atoms with van der Waals surface area (Å²) >= 11 is 0. The van der Waals surface area contributed by atoms with Crippen molar-refractivity contribution in [3.63, 3.8) is 0 Å². The second kappa shape index (κ2) is 5.68. The van der Waals surface area contributed by atoms with Crippen molar-refractivity contribution in [3.05, 3.63) is 29.8 Å². The summed E-state index contributed by atoms with van der Waals surface area (Å²) in [5.74, 6) is -0.447. The summed E-state index contributed by atoms with van der Waals surface area (Å²) in [6.45, 7) is 1.45. The molecule has 1 heterocycles. The molecule has 1 aliphatic heterocycles. The van der Waals surface area contributed by atoms with Crippen LogP contribution in [0.3, 0.4) is 0 Å². The first-order valence-electron chi connectivity index (χ1n) is 7.95. The Morgan fingerprint density at radius 2 is 2.00 bits per heavy atom. The highest BCUT2D eigenvalue weighted by Crippen LogP contribution is 2.37. The minimum absolute atomic E-state index is 0.196. The number of fused-ring (bicyclic) bond motifs is 1. The zero-order chi connectivity index (χ0) is 14.9. The van der Waals surface area contributed by atoms with E-state index in [4.69, 9.17) is 5.73 Å². The van der Waals surface area contributed by atoms with Crippen molar-refractivity contribution in [3.8, 4) is 0 Å². The van der Waals surface area contributed by atoms with E-state index in [9.17, 15) is 9.90 Å². The van der Waals surface area contributed by atoms with Crippen LogP contribution in [0.4, 0.5) is 5.69 Å². The summed E-state index contributed by atoms with van der Waals surface area (Å²) in [6, 6.07) is 7.96. The van der Waals surface area contributed by atoms with Crippen LogP contribution in [0.25, 0.3) is 0 Å². The molecular weight excluding hydrogens is 264 g/mol. The van der Waals surface area contributed by atoms with Crippen molar-refractivity contribution in [1.29, 1.82) is 0 Å². The molecule has 4 nitrogen and oxygen atoms in total. The summed E-state index contributed by atoms with van der Waals surface area (Å²) < 4.78 is 0. The van der Waals surface area contributed by atoms with Crippen molar-refractivity contribution in [2.24, 2.45) is 5.73 Å². The van der Waals surface area contributed by atoms with Gasteiger partial charge < -0.3 is 15.7 Å². The van der Waals surface area contributed by atoms with E-state index in [0.717, 1.165) is 49.9 Å². The molecule has 1 fully saturated rings. The number of aliphatic hydroxyl groups is 1. The van der Waals surface area contributed by atoms with E-state index in [1.165, 1.54) is 6.42 Å². The maximum atomic E-state index is 11.6. The van der Waals surface area contributed by atoms with E-state index in [2.05, 4.69) is 4.90 Å². The molecule has 4 heteroatoms. The van der Waals surface area contributed by atoms with Gasteiger partial charge in [-0.3, -0.25) is 4.79 Å². The standard InChI is InChI=1S/C17H24N2O2/c18-16(20)14-8-11-19(15-7-3-2-6-13(14)15)12-17(21)9-4-1-5-10-17/h2-3,6-7,14,21H,1,4-5,8-12H2,(H2,18,20). The van der Waals surface area contributed by atoms with Gasteiger partial charge in [0.25, 0.3) is 0 Å². The minimum atomic E-state index is -0.578. The van der Waals surface area contributed by atoms with Crippen molar-refractivity contribution >= 4 is 11.6 Å². The molecule has 114 valence electrons. The molecule has 3 N–H and O–H groups in total. The van der Waals surface area contributed by atoms with Crippen molar-refractivity contribution in [2.45, 2.75) is 50.0 Å². The van der Waals surface area contributed by atoms with Crippen LogP contribution in [0.1, 0.15) is 50.0 Å². The monoisotopic (exact) mass is 288 g/mol. The van der Waals surface area contributed by atoms with E-state index in [1.54, 1.807) is 0 Å². The molecule has 0 radical (unpaired) electrons. The molecule has 0 spiro atoms. The number of β-amino-alcohol motifs (C(OH)–C–C–N with tert-alkyl or cyclic N) is 1. The maximum absolute atomic E-state index is 11.6. The molecule has 0 bridgehead atoms. The highest BCUT2D eigenvalue weighted by atomic mass is 16.3. The van der Waals surface area contributed by atoms with Crippen LogP contribution in [0.5, 0.6) is 0 Å². The summed E-state index contributed by atoms with van der Waals surface area (Å²) in [5.41, 5.74) is 7.02. The summed E-state index contributed by atoms with van der Waals surface area (Å²) in [6.07, 6.45) is 5.94. The normalized spacial score (nSPS) is 24.4. The fourth-order valence-electron chi connectivity index (χ4n) is 3.81. The Kier molecular flexibility index (Phi) is 3.89. The lowest BCUT2D eigenvalue weighted by atomic mass is 9.83. The lowest BCUT2D eigenvalue weighted by molar-refractivity contribution is -0.119. The maximum Gasteiger partial charge on any atom is 0.225 e. The highest BCUT2D eigenvalue weighted by molar-refractivity contribution is 5.85. The molecule has 1 atom stereocenters. The quantitative estimate of drug-likeness (QED) is 0.895. The first-order valence-corrected chi connectivity index (χ1v) is 7.95. The number of carbonyl (C=O) groups excluding carboxylic acids is 1. The van der Waals surface area contributed by atoms with Crippen LogP contribution in [0, 0.1) is 0 Å². The van der Waals surface area contributed by atoms with Gasteiger partial charge in [0.1, 0.15) is 0 Å². The second-order valence-corrected chi connectivity index (χ2v) is 6.51. The number of anilines is 1. The van der Waals surface area contributed by atoms with Crippen molar-refractivity contribution < 1.29 is 9.90 Å². The SMILES string of the molecule is NC(=O)C1CCN(CC2(O)CCCCC2)c2ccccc21. The highest BCUT2D eigenvalue weighted by Gasteiger charge is 2.35. The van der Waals surface area contributed by atoms with Gasteiger partial charge in [-0.15, -0.1) is 0 Å². The Morgan fingerprint density at radius 1 is 1.29 bits per heavy atom. The lowest BCUT2D eigenvalue weighted by Crippen LogP contribution is -2.47. The largest absolute Gasteiger partial charge is 0.388 e. The number of benzene rings is 1. The number of primary amides is 1. The number of rotatable bonds is 3. The van der Waals surface area contributed by atoms with Crippen molar-refractivity contribution in [2.75, 3.05) is 18.0 Å². The van der Waals surface area contributed by atoms with E-state index in [0.29, 0.717) is 6.54 Å². The number of para-hydroxylation sites is 1. The first kappa shape index (κ1) is 14.4. The minimum Gasteiger partial charge on any atom is -0.388 e. The molecule has 2 aliphatic rings. The molecule has 0 saturated heterocycles. The van der Waals surface area contributed by atoms with Crippen LogP contribution >= 0.6 is 0 Å². The lowest BCUT2D eigenvalue weighted by Gasteiger charge is -2.41. The van der Waals surface area contributed by atoms with Gasteiger partial charge in [0.2, 0.25) is 5.91 Å². The number of nitrogens with zero attached hydrogens (tertiary/aromatic N) is 1. The molecule has 21 heavy (non-hydrogen) atoms. The van der Waals surface area contributed by atoms with Crippen LogP contribution in [0.15, 0.2) is 24.3 Å². The smallest absolute Gasteiger partial charge is 0.225 e. The molecule has 1 aromatic rings. The van der Waals surface area contributed by atoms with Gasteiger partial charge in [-0.2, -0.15) is 0 Å². The van der Waals surface area contributed by atoms with Crippen LogP contribution in [-0.4, -0.2) is 29.7 Å². The first-order chi connectivity index (χ1) is 10.1. The van der Waals surface area contributed by atoms with E-state index in [-0.39, 0.29) is 11.8 Å². The third-order valence-corrected chi connectivity index (χ3v) is 4.95. The van der Waals surface area contributed by atoms with E-state index < -0.39 is 5.60 Å². The summed E-state index contributed by atoms with van der Waals surface area (Å²) in [4.78, 5) is 13.9. The van der Waals surface area contributed by atoms with Crippen LogP contribution in [0.2, 0.25) is 0 Å². The van der Waals surface area contributed by atoms with Gasteiger partial charge in [-0.25, -0.2) is 0 Å². The average Bonchev–Trinajstić information content (AvgIpc) is 2.47. The van der Waals surface area contributed by atoms with Crippen molar-refractivity contribution in [1.82, 2.24) is 0 Å². The molecule has 1 unspecified atom stereocenters. The van der Waals surface area contributed by atoms with Crippen LogP contribution in [-0.2, 0) is 4.79 Å². The average molecular weight is 288 g/mol. The topological polar surface area (TPSA) is 66.6 Å². The Bertz CT molecular complexity index is 523. The molecule has 3 rings (SSSR count). The van der Waals surface area contributed by atoms with Gasteiger partial charge >= 0.3 is 0 Å². The number of amides is 1. The van der Waals surface area contributed by atoms with E-state index >= 15 is 0 Å². The Morgan fingerprint density at radius 3 is 2.71 bits per heavy atom. The molecule has 0 aromatic heterocycles. The molecule has 1 amide bonds. The fourth-order valence-corrected chi connectivity index (χ4v) is 3.81. The zero-order valence-corrected chi connectivity index (χ0v) is 12.4. The Labute approximate surface area is 125 Å². The van der Waals surface area contributed by atoms with Gasteiger partial charge in [0, 0.05) is 18.8 Å². The molecule has 1 aromatic carbocycles. The predicted molar refractivity (Wildman–Crippen MR) is 83.2 cm³/mol. The molecular formula is C17H24N2O2. The molecule has 1 saturated carbocycles. The Hall–Kier alpha value is -1.55. The zero-order valence-electron chi connectivity index (χ0n) is 12.4. The van der Waals surface area contributed by atoms with Gasteiger partial charge in [-0.05, 0) is 30.9 Å². The predicted octanol–water partition coefficient (Wildman–Crippen LogP) is 2.16. The summed E-state index contributed by atoms with van der Waals surface area (Å²) in [5, 5.41) is 10.8.